The fourth-order valence-electron chi connectivity index (χ4n) is 8.62. The fraction of sp³-hybridized carbons (Fsp3) is 0.500. The molecular formula is C38H46N6O3. The van der Waals surface area contributed by atoms with Crippen molar-refractivity contribution >= 4 is 34.3 Å². The second-order valence-electron chi connectivity index (χ2n) is 15.3. The van der Waals surface area contributed by atoms with Gasteiger partial charge >= 0.3 is 0 Å². The number of H-pyrrole nitrogens is 1. The highest BCUT2D eigenvalue weighted by Crippen LogP contribution is 2.44. The molecule has 0 bridgehead atoms. The van der Waals surface area contributed by atoms with Gasteiger partial charge in [-0.3, -0.25) is 19.7 Å². The molecule has 9 nitrogen and oxygen atoms in total. The summed E-state index contributed by atoms with van der Waals surface area (Å²) in [6.07, 6.45) is 8.44. The number of nitrogens with one attached hydrogen (secondary N) is 4. The zero-order valence-corrected chi connectivity index (χ0v) is 27.6. The lowest BCUT2D eigenvalue weighted by Gasteiger charge is -2.38. The summed E-state index contributed by atoms with van der Waals surface area (Å²) in [5, 5.41) is 3.63. The number of allylic oxidation sites excluding steroid dienone is 1. The third-order valence-electron chi connectivity index (χ3n) is 11.4. The highest BCUT2D eigenvalue weighted by molar-refractivity contribution is 6.01. The number of aromatic nitrogens is 1. The number of benzene rings is 2. The number of carbonyl (C=O) groups excluding carboxylic acids is 3. The van der Waals surface area contributed by atoms with Crippen LogP contribution in [0.2, 0.25) is 0 Å². The van der Waals surface area contributed by atoms with Gasteiger partial charge in [0.05, 0.1) is 12.0 Å². The number of rotatable bonds is 5. The molecule has 246 valence electrons. The number of fused-ring (bicyclic) bond motifs is 2. The van der Waals surface area contributed by atoms with Crippen molar-refractivity contribution in [1.82, 2.24) is 26.1 Å². The summed E-state index contributed by atoms with van der Waals surface area (Å²) in [6, 6.07) is 14.9. The van der Waals surface area contributed by atoms with E-state index >= 15 is 0 Å². The average molecular weight is 635 g/mol. The van der Waals surface area contributed by atoms with Crippen LogP contribution in [0.4, 0.5) is 5.69 Å². The zero-order chi connectivity index (χ0) is 32.3. The molecule has 4 N–H and O–H groups in total. The molecule has 3 amide bonds. The van der Waals surface area contributed by atoms with Crippen LogP contribution in [0.3, 0.4) is 0 Å². The highest BCUT2D eigenvalue weighted by atomic mass is 16.2. The van der Waals surface area contributed by atoms with Crippen molar-refractivity contribution < 1.29 is 14.4 Å². The summed E-state index contributed by atoms with van der Waals surface area (Å²) < 4.78 is 0. The lowest BCUT2D eigenvalue weighted by molar-refractivity contribution is -0.134. The summed E-state index contributed by atoms with van der Waals surface area (Å²) in [4.78, 5) is 45.9. The van der Waals surface area contributed by atoms with E-state index in [-0.39, 0.29) is 29.7 Å². The Kier molecular flexibility index (Phi) is 7.62. The smallest absolute Gasteiger partial charge is 0.253 e. The molecule has 2 fully saturated rings. The number of anilines is 1. The molecule has 2 atom stereocenters. The molecule has 2 unspecified atom stereocenters. The SMILES string of the molecule is CC1(C)CCC2=C(C1)NNC2c1cc2ccc(C(=O)N3CCC(CN4CCCc5cc(C6CCC(=O)NC6=O)ccc54)CC3)cc2[nH]1. The molecule has 3 aromatic rings. The van der Waals surface area contributed by atoms with Gasteiger partial charge in [0.15, 0.2) is 0 Å². The van der Waals surface area contributed by atoms with Crippen LogP contribution in [0, 0.1) is 11.3 Å². The first-order valence-electron chi connectivity index (χ1n) is 17.6. The Labute approximate surface area is 276 Å². The van der Waals surface area contributed by atoms with Crippen LogP contribution in [0.25, 0.3) is 10.9 Å². The maximum absolute atomic E-state index is 13.6. The number of amides is 3. The fourth-order valence-corrected chi connectivity index (χ4v) is 8.62. The largest absolute Gasteiger partial charge is 0.371 e. The topological polar surface area (TPSA) is 110 Å². The van der Waals surface area contributed by atoms with E-state index in [1.165, 1.54) is 28.9 Å². The maximum Gasteiger partial charge on any atom is 0.253 e. The highest BCUT2D eigenvalue weighted by Gasteiger charge is 2.36. The Balaban J connectivity index is 0.892. The van der Waals surface area contributed by atoms with Crippen LogP contribution >= 0.6 is 0 Å². The van der Waals surface area contributed by atoms with Gasteiger partial charge in [0, 0.05) is 60.8 Å². The zero-order valence-electron chi connectivity index (χ0n) is 27.6. The molecule has 1 aliphatic carbocycles. The van der Waals surface area contributed by atoms with Crippen molar-refractivity contribution in [3.8, 4) is 0 Å². The predicted octanol–water partition coefficient (Wildman–Crippen LogP) is 5.61. The Morgan fingerprint density at radius 1 is 0.957 bits per heavy atom. The molecule has 0 saturated carbocycles. The molecule has 47 heavy (non-hydrogen) atoms. The van der Waals surface area contributed by atoms with Gasteiger partial charge in [-0.2, -0.15) is 0 Å². The molecule has 1 aromatic heterocycles. The summed E-state index contributed by atoms with van der Waals surface area (Å²) in [7, 11) is 0. The van der Waals surface area contributed by atoms with Crippen molar-refractivity contribution in [2.24, 2.45) is 11.3 Å². The maximum atomic E-state index is 13.6. The van der Waals surface area contributed by atoms with E-state index in [1.807, 2.05) is 17.0 Å². The Bertz CT molecular complexity index is 1780. The van der Waals surface area contributed by atoms with Crippen LogP contribution < -0.4 is 21.1 Å². The van der Waals surface area contributed by atoms with Gasteiger partial charge < -0.3 is 20.2 Å². The molecule has 0 radical (unpaired) electrons. The van der Waals surface area contributed by atoms with E-state index in [0.717, 1.165) is 92.4 Å². The van der Waals surface area contributed by atoms with Crippen molar-refractivity contribution in [3.63, 3.8) is 0 Å². The molecule has 9 heteroatoms. The van der Waals surface area contributed by atoms with E-state index in [4.69, 9.17) is 0 Å². The van der Waals surface area contributed by atoms with E-state index in [9.17, 15) is 14.4 Å². The monoisotopic (exact) mass is 634 g/mol. The van der Waals surface area contributed by atoms with Gasteiger partial charge in [-0.05, 0) is 109 Å². The summed E-state index contributed by atoms with van der Waals surface area (Å²) in [5.74, 6) is 0.0585. The lowest BCUT2D eigenvalue weighted by Crippen LogP contribution is -2.42. The van der Waals surface area contributed by atoms with Gasteiger partial charge in [-0.25, -0.2) is 5.43 Å². The lowest BCUT2D eigenvalue weighted by atomic mass is 9.75. The number of hydrazine groups is 1. The van der Waals surface area contributed by atoms with Crippen molar-refractivity contribution in [1.29, 1.82) is 0 Å². The molecule has 2 saturated heterocycles. The second-order valence-corrected chi connectivity index (χ2v) is 15.3. The Morgan fingerprint density at radius 2 is 1.81 bits per heavy atom. The van der Waals surface area contributed by atoms with Gasteiger partial charge in [0.1, 0.15) is 0 Å². The molecule has 0 spiro atoms. The van der Waals surface area contributed by atoms with Crippen molar-refractivity contribution in [3.05, 3.63) is 76.1 Å². The van der Waals surface area contributed by atoms with Crippen molar-refractivity contribution in [2.75, 3.05) is 31.1 Å². The average Bonchev–Trinajstić information content (AvgIpc) is 3.67. The van der Waals surface area contributed by atoms with Gasteiger partial charge in [0.25, 0.3) is 5.91 Å². The van der Waals surface area contributed by atoms with E-state index in [0.29, 0.717) is 24.2 Å². The summed E-state index contributed by atoms with van der Waals surface area (Å²) >= 11 is 0. The van der Waals surface area contributed by atoms with Crippen LogP contribution in [0.15, 0.2) is 53.7 Å². The summed E-state index contributed by atoms with van der Waals surface area (Å²) in [6.45, 7) is 8.25. The number of aryl methyl sites for hydroxylation is 1. The van der Waals surface area contributed by atoms with Crippen LogP contribution in [-0.4, -0.2) is 53.8 Å². The Hall–Kier alpha value is -4.11. The Morgan fingerprint density at radius 3 is 2.64 bits per heavy atom. The second kappa shape index (κ2) is 11.8. The molecule has 5 aliphatic rings. The molecule has 4 aliphatic heterocycles. The predicted molar refractivity (Wildman–Crippen MR) is 183 cm³/mol. The van der Waals surface area contributed by atoms with Gasteiger partial charge in [-0.15, -0.1) is 0 Å². The number of hydrogen-bond acceptors (Lipinski definition) is 6. The first-order valence-corrected chi connectivity index (χ1v) is 17.6. The number of aromatic amines is 1. The third-order valence-corrected chi connectivity index (χ3v) is 11.4. The number of likely N-dealkylation sites (tertiary alicyclic amines) is 1. The van der Waals surface area contributed by atoms with Crippen LogP contribution in [-0.2, 0) is 16.0 Å². The van der Waals surface area contributed by atoms with Gasteiger partial charge in [0.2, 0.25) is 11.8 Å². The number of nitrogens with zero attached hydrogens (tertiary/aromatic N) is 2. The first-order chi connectivity index (χ1) is 22.7. The third kappa shape index (κ3) is 5.83. The summed E-state index contributed by atoms with van der Waals surface area (Å²) in [5.41, 5.74) is 16.6. The normalized spacial score (nSPS) is 24.6. The minimum atomic E-state index is -0.244. The molecule has 2 aromatic carbocycles. The quantitative estimate of drug-likeness (QED) is 0.272. The first kappa shape index (κ1) is 30.2. The molecular weight excluding hydrogens is 588 g/mol. The van der Waals surface area contributed by atoms with E-state index in [2.05, 4.69) is 70.2 Å². The molecule has 5 heterocycles. The standard InChI is InChI=1S/C38H46N6O3/c1-38(2)14-11-29-32(21-38)41-42-35(29)31-19-25-5-6-27(20-30(25)39-31)37(47)43-16-12-23(13-17-43)22-44-15-3-4-26-18-24(7-9-33(26)44)28-8-10-34(45)40-36(28)46/h5-7,9,18-20,23,28,35,39,41-42H,3-4,8,10-17,21-22H2,1-2H3,(H,40,45,46). The van der Waals surface area contributed by atoms with E-state index in [1.54, 1.807) is 0 Å². The number of piperidine rings is 2. The number of imide groups is 1. The van der Waals surface area contributed by atoms with Crippen LogP contribution in [0.1, 0.15) is 104 Å². The minimum Gasteiger partial charge on any atom is -0.371 e. The van der Waals surface area contributed by atoms with Crippen LogP contribution in [0.5, 0.6) is 0 Å². The van der Waals surface area contributed by atoms with E-state index < -0.39 is 0 Å². The minimum absolute atomic E-state index is 0.117. The van der Waals surface area contributed by atoms with Gasteiger partial charge in [-0.1, -0.05) is 32.0 Å². The number of carbonyl (C=O) groups is 3. The van der Waals surface area contributed by atoms with Crippen molar-refractivity contribution in [2.45, 2.75) is 83.6 Å². The number of hydrogen-bond donors (Lipinski definition) is 4. The molecule has 8 rings (SSSR count).